The van der Waals surface area contributed by atoms with Crippen molar-refractivity contribution in [2.45, 2.75) is 44.4 Å². The Morgan fingerprint density at radius 1 is 1.30 bits per heavy atom. The Balaban J connectivity index is 1.51. The predicted octanol–water partition coefficient (Wildman–Crippen LogP) is 1.39. The Bertz CT molecular complexity index is 469. The van der Waals surface area contributed by atoms with E-state index >= 15 is 0 Å². The van der Waals surface area contributed by atoms with E-state index in [0.717, 1.165) is 32.4 Å². The van der Waals surface area contributed by atoms with Crippen LogP contribution in [-0.4, -0.2) is 31.2 Å². The second-order valence-electron chi connectivity index (χ2n) is 5.64. The van der Waals surface area contributed by atoms with E-state index in [1.54, 1.807) is 0 Å². The van der Waals surface area contributed by atoms with Crippen molar-refractivity contribution in [2.24, 2.45) is 0 Å². The smallest absolute Gasteiger partial charge is 0.237 e. The van der Waals surface area contributed by atoms with Gasteiger partial charge in [0.15, 0.2) is 0 Å². The molecule has 4 heteroatoms. The van der Waals surface area contributed by atoms with E-state index in [1.807, 2.05) is 12.1 Å². The number of benzene rings is 1. The van der Waals surface area contributed by atoms with Crippen molar-refractivity contribution in [3.8, 4) is 0 Å². The monoisotopic (exact) mass is 274 g/mol. The summed E-state index contributed by atoms with van der Waals surface area (Å²) in [7, 11) is 0. The van der Waals surface area contributed by atoms with Crippen molar-refractivity contribution in [1.29, 1.82) is 0 Å². The van der Waals surface area contributed by atoms with Crippen LogP contribution >= 0.6 is 0 Å². The molecule has 0 aromatic heterocycles. The molecule has 1 saturated heterocycles. The van der Waals surface area contributed by atoms with E-state index in [1.165, 1.54) is 17.5 Å². The second-order valence-corrected chi connectivity index (χ2v) is 5.64. The number of amides is 1. The van der Waals surface area contributed by atoms with Gasteiger partial charge in [-0.3, -0.25) is 4.79 Å². The van der Waals surface area contributed by atoms with E-state index in [-0.39, 0.29) is 18.1 Å². The van der Waals surface area contributed by atoms with Crippen molar-refractivity contribution >= 4 is 5.91 Å². The van der Waals surface area contributed by atoms with Crippen LogP contribution in [0.4, 0.5) is 0 Å². The summed E-state index contributed by atoms with van der Waals surface area (Å²) in [5.41, 5.74) is 2.58. The summed E-state index contributed by atoms with van der Waals surface area (Å²) in [6.07, 6.45) is 4.37. The van der Waals surface area contributed by atoms with Crippen LogP contribution in [0.3, 0.4) is 0 Å². The summed E-state index contributed by atoms with van der Waals surface area (Å²) in [6, 6.07) is 8.19. The summed E-state index contributed by atoms with van der Waals surface area (Å²) in [4.78, 5) is 12.2. The molecule has 2 aliphatic rings. The Kier molecular flexibility index (Phi) is 4.33. The van der Waals surface area contributed by atoms with Crippen LogP contribution in [0.5, 0.6) is 0 Å². The van der Waals surface area contributed by atoms with Crippen LogP contribution in [-0.2, 0) is 22.5 Å². The molecule has 0 saturated carbocycles. The van der Waals surface area contributed by atoms with Gasteiger partial charge in [-0.15, -0.1) is 0 Å². The third-order valence-electron chi connectivity index (χ3n) is 4.18. The molecule has 108 valence electrons. The maximum Gasteiger partial charge on any atom is 0.237 e. The average molecular weight is 274 g/mol. The first-order valence-electron chi connectivity index (χ1n) is 7.52. The molecule has 2 N–H and O–H groups in total. The van der Waals surface area contributed by atoms with E-state index < -0.39 is 0 Å². The van der Waals surface area contributed by atoms with Gasteiger partial charge in [-0.1, -0.05) is 24.3 Å². The maximum absolute atomic E-state index is 12.2. The fraction of sp³-hybridized carbons (Fsp3) is 0.562. The van der Waals surface area contributed by atoms with Gasteiger partial charge in [0.1, 0.15) is 0 Å². The first-order chi connectivity index (χ1) is 9.83. The third kappa shape index (κ3) is 3.19. The normalized spacial score (nSPS) is 25.8. The minimum absolute atomic E-state index is 0.0914. The van der Waals surface area contributed by atoms with Crippen molar-refractivity contribution in [3.05, 3.63) is 35.4 Å². The lowest BCUT2D eigenvalue weighted by atomic mass is 9.95. The number of carbonyl (C=O) groups excluding carboxylic acids is 1. The van der Waals surface area contributed by atoms with Gasteiger partial charge in [-0.05, 0) is 36.8 Å². The fourth-order valence-electron chi connectivity index (χ4n) is 2.95. The molecule has 0 spiro atoms. The molecule has 2 atom stereocenters. The average Bonchev–Trinajstić information content (AvgIpc) is 2.53. The maximum atomic E-state index is 12.2. The zero-order chi connectivity index (χ0) is 13.8. The molecule has 1 aromatic carbocycles. The highest BCUT2D eigenvalue weighted by molar-refractivity contribution is 5.82. The van der Waals surface area contributed by atoms with Crippen LogP contribution in [0.1, 0.15) is 30.4 Å². The van der Waals surface area contributed by atoms with Gasteiger partial charge in [0, 0.05) is 19.7 Å². The highest BCUT2D eigenvalue weighted by atomic mass is 16.5. The first-order valence-corrected chi connectivity index (χ1v) is 7.52. The summed E-state index contributed by atoms with van der Waals surface area (Å²) in [5.74, 6) is 0.0914. The molecular formula is C16H22N2O2. The molecule has 4 nitrogen and oxygen atoms in total. The lowest BCUT2D eigenvalue weighted by molar-refractivity contribution is -0.124. The lowest BCUT2D eigenvalue weighted by Gasteiger charge is -2.27. The highest BCUT2D eigenvalue weighted by Gasteiger charge is 2.24. The van der Waals surface area contributed by atoms with Gasteiger partial charge in [-0.25, -0.2) is 0 Å². The predicted molar refractivity (Wildman–Crippen MR) is 77.4 cm³/mol. The van der Waals surface area contributed by atoms with Gasteiger partial charge in [-0.2, -0.15) is 0 Å². The van der Waals surface area contributed by atoms with Gasteiger partial charge < -0.3 is 15.4 Å². The van der Waals surface area contributed by atoms with E-state index in [2.05, 4.69) is 22.8 Å². The van der Waals surface area contributed by atoms with Crippen LogP contribution < -0.4 is 10.6 Å². The molecule has 1 aromatic rings. The summed E-state index contributed by atoms with van der Waals surface area (Å²) in [6.45, 7) is 2.24. The summed E-state index contributed by atoms with van der Waals surface area (Å²) >= 11 is 0. The molecule has 0 radical (unpaired) electrons. The lowest BCUT2D eigenvalue weighted by Crippen LogP contribution is -2.49. The molecule has 3 rings (SSSR count). The summed E-state index contributed by atoms with van der Waals surface area (Å²) < 4.78 is 5.64. The van der Waals surface area contributed by atoms with Crippen molar-refractivity contribution in [3.63, 3.8) is 0 Å². The van der Waals surface area contributed by atoms with Gasteiger partial charge in [0.2, 0.25) is 5.91 Å². The summed E-state index contributed by atoms with van der Waals surface area (Å²) in [5, 5.41) is 6.34. The van der Waals surface area contributed by atoms with Crippen LogP contribution in [0, 0.1) is 0 Å². The fourth-order valence-corrected chi connectivity index (χ4v) is 2.95. The quantitative estimate of drug-likeness (QED) is 0.875. The third-order valence-corrected chi connectivity index (χ3v) is 4.18. The number of hydrogen-bond donors (Lipinski definition) is 2. The Labute approximate surface area is 119 Å². The molecule has 20 heavy (non-hydrogen) atoms. The number of carbonyl (C=O) groups is 1. The standard InChI is InChI=1S/C16H22N2O2/c19-16(18-11-14-7-3-4-8-20-14)15-9-12-5-1-2-6-13(12)10-17-15/h1-2,5-6,14-15,17H,3-4,7-11H2,(H,18,19)/t14?,15-/m1/s1. The molecule has 2 aliphatic heterocycles. The zero-order valence-electron chi connectivity index (χ0n) is 11.7. The first kappa shape index (κ1) is 13.6. The van der Waals surface area contributed by atoms with E-state index in [4.69, 9.17) is 4.74 Å². The molecule has 1 amide bonds. The topological polar surface area (TPSA) is 50.4 Å². The molecule has 2 heterocycles. The van der Waals surface area contributed by atoms with Crippen molar-refractivity contribution in [1.82, 2.24) is 10.6 Å². The molecular weight excluding hydrogens is 252 g/mol. The van der Waals surface area contributed by atoms with Gasteiger partial charge >= 0.3 is 0 Å². The zero-order valence-corrected chi connectivity index (χ0v) is 11.7. The Morgan fingerprint density at radius 3 is 2.95 bits per heavy atom. The minimum atomic E-state index is -0.117. The number of ether oxygens (including phenoxy) is 1. The molecule has 1 unspecified atom stereocenters. The Hall–Kier alpha value is -1.39. The number of hydrogen-bond acceptors (Lipinski definition) is 3. The highest BCUT2D eigenvalue weighted by Crippen LogP contribution is 2.16. The van der Waals surface area contributed by atoms with Crippen LogP contribution in [0.2, 0.25) is 0 Å². The Morgan fingerprint density at radius 2 is 2.15 bits per heavy atom. The van der Waals surface area contributed by atoms with Crippen molar-refractivity contribution in [2.75, 3.05) is 13.2 Å². The minimum Gasteiger partial charge on any atom is -0.376 e. The van der Waals surface area contributed by atoms with E-state index in [0.29, 0.717) is 6.54 Å². The van der Waals surface area contributed by atoms with Crippen LogP contribution in [0.25, 0.3) is 0 Å². The van der Waals surface area contributed by atoms with E-state index in [9.17, 15) is 4.79 Å². The largest absolute Gasteiger partial charge is 0.376 e. The molecule has 0 aliphatic carbocycles. The van der Waals surface area contributed by atoms with Gasteiger partial charge in [0.25, 0.3) is 0 Å². The second kappa shape index (κ2) is 6.37. The number of rotatable bonds is 3. The molecule has 0 bridgehead atoms. The van der Waals surface area contributed by atoms with Gasteiger partial charge in [0.05, 0.1) is 12.1 Å². The SMILES string of the molecule is O=C(NCC1CCCCO1)[C@H]1Cc2ccccc2CN1. The molecule has 1 fully saturated rings. The number of nitrogens with one attached hydrogen (secondary N) is 2. The number of fused-ring (bicyclic) bond motifs is 1. The van der Waals surface area contributed by atoms with Crippen LogP contribution in [0.15, 0.2) is 24.3 Å². The van der Waals surface area contributed by atoms with Crippen molar-refractivity contribution < 1.29 is 9.53 Å².